The minimum atomic E-state index is -4.85. The molecule has 1 N–H and O–H groups in total. The number of alkyl halides is 4. The predicted octanol–water partition coefficient (Wildman–Crippen LogP) is 1.50. The normalized spacial score (nSPS) is 28.1. The average molecular weight is 404 g/mol. The van der Waals surface area contributed by atoms with Gasteiger partial charge in [0, 0.05) is 18.2 Å². The number of carboxylic acids is 1. The second kappa shape index (κ2) is 5.44. The first-order chi connectivity index (χ1) is 10.0. The van der Waals surface area contributed by atoms with E-state index in [-0.39, 0.29) is 17.9 Å². The summed E-state index contributed by atoms with van der Waals surface area (Å²) >= 11 is 3.17. The van der Waals surface area contributed by atoms with Gasteiger partial charge >= 0.3 is 18.1 Å². The zero-order valence-electron chi connectivity index (χ0n) is 10.9. The van der Waals surface area contributed by atoms with Crippen molar-refractivity contribution < 1.29 is 37.4 Å². The summed E-state index contributed by atoms with van der Waals surface area (Å²) in [7, 11) is 0. The average Bonchev–Trinajstić information content (AvgIpc) is 2.41. The van der Waals surface area contributed by atoms with Crippen molar-refractivity contribution in [2.45, 2.75) is 22.8 Å². The molecule has 2 aliphatic rings. The maximum absolute atomic E-state index is 13.0. The summed E-state index contributed by atoms with van der Waals surface area (Å²) in [6, 6.07) is 0. The number of rotatable bonds is 3. The van der Waals surface area contributed by atoms with Crippen LogP contribution in [0.4, 0.5) is 13.2 Å². The van der Waals surface area contributed by atoms with Crippen molar-refractivity contribution in [1.82, 2.24) is 4.90 Å². The van der Waals surface area contributed by atoms with E-state index in [0.717, 1.165) is 18.7 Å². The Hall–Kier alpha value is -1.23. The number of β-lactam (4-membered cyclic amide) rings is 1. The highest BCUT2D eigenvalue weighted by Crippen LogP contribution is 2.57. The van der Waals surface area contributed by atoms with Crippen LogP contribution in [0, 0.1) is 0 Å². The van der Waals surface area contributed by atoms with E-state index in [2.05, 4.69) is 20.7 Å². The highest BCUT2D eigenvalue weighted by molar-refractivity contribution is 9.10. The lowest BCUT2D eigenvalue weighted by Crippen LogP contribution is -2.76. The molecule has 2 heterocycles. The van der Waals surface area contributed by atoms with Gasteiger partial charge in [-0.25, -0.2) is 4.79 Å². The van der Waals surface area contributed by atoms with Gasteiger partial charge in [-0.15, -0.1) is 11.8 Å². The van der Waals surface area contributed by atoms with Gasteiger partial charge in [-0.1, -0.05) is 15.9 Å². The number of amides is 1. The molecule has 0 spiro atoms. The topological polar surface area (TPSA) is 83.9 Å². The highest BCUT2D eigenvalue weighted by atomic mass is 79.9. The largest absolute Gasteiger partial charge is 0.477 e. The van der Waals surface area contributed by atoms with Gasteiger partial charge in [0.15, 0.2) is 0 Å². The van der Waals surface area contributed by atoms with Crippen molar-refractivity contribution in [3.63, 3.8) is 0 Å². The van der Waals surface area contributed by atoms with Gasteiger partial charge in [-0.3, -0.25) is 14.5 Å². The second-order valence-corrected chi connectivity index (χ2v) is 6.90. The Morgan fingerprint density at radius 3 is 2.59 bits per heavy atom. The van der Waals surface area contributed by atoms with Gasteiger partial charge in [-0.05, 0) is 0 Å². The zero-order valence-corrected chi connectivity index (χ0v) is 13.3. The van der Waals surface area contributed by atoms with Crippen molar-refractivity contribution in [1.29, 1.82) is 0 Å². The van der Waals surface area contributed by atoms with Crippen LogP contribution in [0.1, 0.15) is 6.92 Å². The Kier molecular flexibility index (Phi) is 4.24. The summed E-state index contributed by atoms with van der Waals surface area (Å²) in [6.45, 7) is 0.726. The molecule has 6 nitrogen and oxygen atoms in total. The summed E-state index contributed by atoms with van der Waals surface area (Å²) < 4.78 is 41.0. The smallest absolute Gasteiger partial charge is 0.415 e. The van der Waals surface area contributed by atoms with Crippen molar-refractivity contribution in [3.05, 3.63) is 11.3 Å². The Balaban J connectivity index is 2.37. The van der Waals surface area contributed by atoms with Crippen LogP contribution in [-0.2, 0) is 19.1 Å². The Morgan fingerprint density at radius 1 is 1.55 bits per heavy atom. The minimum Gasteiger partial charge on any atom is -0.477 e. The lowest BCUT2D eigenvalue weighted by molar-refractivity contribution is -0.200. The first-order valence-corrected chi connectivity index (χ1v) is 7.65. The molecule has 0 unspecified atom stereocenters. The van der Waals surface area contributed by atoms with Gasteiger partial charge in [0.1, 0.15) is 17.7 Å². The van der Waals surface area contributed by atoms with E-state index < -0.39 is 39.4 Å². The molecule has 0 bridgehead atoms. The third kappa shape index (κ3) is 2.39. The van der Waals surface area contributed by atoms with Crippen molar-refractivity contribution in [3.8, 4) is 0 Å². The molecule has 11 heteroatoms. The predicted molar refractivity (Wildman–Crippen MR) is 72.1 cm³/mol. The summed E-state index contributed by atoms with van der Waals surface area (Å²) in [4.78, 5) is 34.6. The maximum atomic E-state index is 13.0. The summed E-state index contributed by atoms with van der Waals surface area (Å²) in [6.07, 6.45) is -4.85. The first kappa shape index (κ1) is 17.1. The van der Waals surface area contributed by atoms with Crippen molar-refractivity contribution in [2.24, 2.45) is 0 Å². The van der Waals surface area contributed by atoms with Crippen LogP contribution in [0.2, 0.25) is 0 Å². The third-order valence-corrected chi connectivity index (χ3v) is 6.08. The number of thioether (sulfide) groups is 1. The molecule has 2 aliphatic heterocycles. The van der Waals surface area contributed by atoms with E-state index in [4.69, 9.17) is 0 Å². The lowest BCUT2D eigenvalue weighted by Gasteiger charge is -2.54. The van der Waals surface area contributed by atoms with Gasteiger partial charge in [0.05, 0.1) is 0 Å². The van der Waals surface area contributed by atoms with Crippen LogP contribution in [0.5, 0.6) is 0 Å². The van der Waals surface area contributed by atoms with Crippen molar-refractivity contribution in [2.75, 3.05) is 12.4 Å². The van der Waals surface area contributed by atoms with Crippen molar-refractivity contribution >= 4 is 45.5 Å². The second-order valence-electron chi connectivity index (χ2n) is 4.59. The quantitative estimate of drug-likeness (QED) is 0.436. The molecule has 22 heavy (non-hydrogen) atoms. The van der Waals surface area contributed by atoms with Gasteiger partial charge in [0.2, 0.25) is 4.32 Å². The molecule has 1 fully saturated rings. The van der Waals surface area contributed by atoms with Crippen LogP contribution >= 0.6 is 27.7 Å². The van der Waals surface area contributed by atoms with E-state index in [0.29, 0.717) is 4.90 Å². The van der Waals surface area contributed by atoms with E-state index >= 15 is 0 Å². The summed E-state index contributed by atoms with van der Waals surface area (Å²) in [5.74, 6) is -3.69. The number of hydrogen-bond acceptors (Lipinski definition) is 5. The first-order valence-electron chi connectivity index (χ1n) is 5.81. The Bertz CT molecular complexity index is 593. The third-order valence-electron chi connectivity index (χ3n) is 3.16. The van der Waals surface area contributed by atoms with E-state index in [1.54, 1.807) is 0 Å². The maximum Gasteiger partial charge on any atom is 0.415 e. The highest BCUT2D eigenvalue weighted by Gasteiger charge is 2.75. The fourth-order valence-electron chi connectivity index (χ4n) is 2.14. The number of hydrogen-bond donors (Lipinski definition) is 1. The van der Waals surface area contributed by atoms with Crippen LogP contribution in [0.15, 0.2) is 11.3 Å². The van der Waals surface area contributed by atoms with Gasteiger partial charge in [-0.2, -0.15) is 13.2 Å². The van der Waals surface area contributed by atoms with Gasteiger partial charge < -0.3 is 9.84 Å². The van der Waals surface area contributed by atoms with Crippen LogP contribution < -0.4 is 0 Å². The number of halogens is 4. The molecule has 0 aromatic carbocycles. The lowest BCUT2D eigenvalue weighted by atomic mass is 9.94. The minimum absolute atomic E-state index is 0.0778. The molecule has 0 aromatic heterocycles. The summed E-state index contributed by atoms with van der Waals surface area (Å²) in [5.41, 5.74) is -0.483. The molecule has 2 rings (SSSR count). The number of fused-ring (bicyclic) bond motifs is 1. The molecule has 1 amide bonds. The number of carbonyl (C=O) groups excluding carboxylic acids is 2. The fraction of sp³-hybridized carbons (Fsp3) is 0.545. The summed E-state index contributed by atoms with van der Waals surface area (Å²) in [5, 5.41) is 7.78. The van der Waals surface area contributed by atoms with E-state index in [1.807, 2.05) is 0 Å². The Morgan fingerprint density at radius 2 is 2.14 bits per heavy atom. The molecule has 2 atom stereocenters. The standard InChI is InChI=1S/C11H9BrF3NO5S/c1-4(17)21-2-5-3-22-9-10(12,11(13,14)15)8(20)16(9)6(5)7(18)19/h9H,2-3H2,1H3,(H,18,19)/t9-,10-/m1/s1. The van der Waals surface area contributed by atoms with E-state index in [9.17, 15) is 32.7 Å². The zero-order chi connectivity index (χ0) is 16.9. The fourth-order valence-corrected chi connectivity index (χ4v) is 4.33. The number of ether oxygens (including phenoxy) is 1. The van der Waals surface area contributed by atoms with Crippen LogP contribution in [-0.4, -0.2) is 56.1 Å². The molecule has 0 aromatic rings. The van der Waals surface area contributed by atoms with Gasteiger partial charge in [0.25, 0.3) is 5.91 Å². The van der Waals surface area contributed by atoms with Crippen LogP contribution in [0.3, 0.4) is 0 Å². The number of carboxylic acid groups (broad SMARTS) is 1. The van der Waals surface area contributed by atoms with Crippen LogP contribution in [0.25, 0.3) is 0 Å². The molecule has 0 radical (unpaired) electrons. The number of esters is 1. The number of aliphatic carboxylic acids is 1. The number of carbonyl (C=O) groups is 3. The molecule has 0 saturated carbocycles. The molecule has 0 aliphatic carbocycles. The molecular weight excluding hydrogens is 395 g/mol. The SMILES string of the molecule is CC(=O)OCC1=C(C(=O)O)N2C(=O)[C@](Br)(C(F)(F)F)[C@H]2SC1. The van der Waals surface area contributed by atoms with E-state index in [1.165, 1.54) is 0 Å². The number of nitrogens with zero attached hydrogens (tertiary/aromatic N) is 1. The molecule has 122 valence electrons. The Labute approximate surface area is 134 Å². The monoisotopic (exact) mass is 403 g/mol. The molecule has 1 saturated heterocycles. The molecular formula is C11H9BrF3NO5S.